The Morgan fingerprint density at radius 3 is 2.50 bits per heavy atom. The van der Waals surface area contributed by atoms with Gasteiger partial charge in [0.25, 0.3) is 0 Å². The van der Waals surface area contributed by atoms with Gasteiger partial charge in [0, 0.05) is 12.6 Å². The molecule has 1 unspecified atom stereocenters. The molecular weight excluding hydrogens is 132 g/mol. The van der Waals surface area contributed by atoms with Gasteiger partial charge in [0.2, 0.25) is 0 Å². The van der Waals surface area contributed by atoms with E-state index in [1.54, 1.807) is 14.2 Å². The van der Waals surface area contributed by atoms with Crippen molar-refractivity contribution in [3.8, 4) is 0 Å². The Bertz CT molecular complexity index is 70.8. The third-order valence-electron chi connectivity index (χ3n) is 1.14. The van der Waals surface area contributed by atoms with Crippen molar-refractivity contribution in [2.45, 2.75) is 19.4 Å². The standard InChI is InChI=1S/C6H16N2O2/c1-6(8-10-3)4-5-7-9-2/h6-8H,4-5H2,1-3H3. The first kappa shape index (κ1) is 9.84. The van der Waals surface area contributed by atoms with Crippen LogP contribution in [-0.2, 0) is 9.68 Å². The van der Waals surface area contributed by atoms with E-state index in [0.717, 1.165) is 13.0 Å². The molecule has 0 radical (unpaired) electrons. The van der Waals surface area contributed by atoms with Gasteiger partial charge < -0.3 is 9.68 Å². The molecule has 0 aliphatic heterocycles. The molecule has 2 N–H and O–H groups in total. The molecule has 0 amide bonds. The van der Waals surface area contributed by atoms with Crippen LogP contribution in [0.2, 0.25) is 0 Å². The van der Waals surface area contributed by atoms with Crippen LogP contribution in [0.4, 0.5) is 0 Å². The Labute approximate surface area is 61.8 Å². The first-order chi connectivity index (χ1) is 4.81. The van der Waals surface area contributed by atoms with Crippen LogP contribution in [0.3, 0.4) is 0 Å². The quantitative estimate of drug-likeness (QED) is 0.413. The van der Waals surface area contributed by atoms with Gasteiger partial charge in [-0.3, -0.25) is 0 Å². The molecule has 0 aromatic rings. The second-order valence-corrected chi connectivity index (χ2v) is 2.11. The minimum Gasteiger partial charge on any atom is -0.305 e. The van der Waals surface area contributed by atoms with Gasteiger partial charge in [0.15, 0.2) is 0 Å². The second kappa shape index (κ2) is 6.95. The third kappa shape index (κ3) is 5.97. The number of rotatable bonds is 6. The SMILES string of the molecule is CONCCC(C)NOC. The van der Waals surface area contributed by atoms with Crippen LogP contribution < -0.4 is 11.0 Å². The van der Waals surface area contributed by atoms with Crippen molar-refractivity contribution in [2.75, 3.05) is 20.8 Å². The lowest BCUT2D eigenvalue weighted by atomic mass is 10.2. The van der Waals surface area contributed by atoms with Crippen LogP contribution in [0.25, 0.3) is 0 Å². The summed E-state index contributed by atoms with van der Waals surface area (Å²) in [7, 11) is 3.22. The molecule has 0 fully saturated rings. The smallest absolute Gasteiger partial charge is 0.0572 e. The summed E-state index contributed by atoms with van der Waals surface area (Å²) in [5, 5.41) is 0. The number of hydroxylamine groups is 2. The highest BCUT2D eigenvalue weighted by Gasteiger charge is 1.97. The van der Waals surface area contributed by atoms with Crippen molar-refractivity contribution in [1.29, 1.82) is 0 Å². The molecule has 0 aromatic carbocycles. The molecule has 0 aliphatic rings. The van der Waals surface area contributed by atoms with Crippen LogP contribution in [0.5, 0.6) is 0 Å². The maximum absolute atomic E-state index is 4.72. The van der Waals surface area contributed by atoms with E-state index in [1.165, 1.54) is 0 Å². The summed E-state index contributed by atoms with van der Waals surface area (Å²) < 4.78 is 0. The Morgan fingerprint density at radius 1 is 1.30 bits per heavy atom. The molecule has 62 valence electrons. The molecule has 0 spiro atoms. The van der Waals surface area contributed by atoms with E-state index in [1.807, 2.05) is 6.92 Å². The molecule has 0 heterocycles. The molecule has 0 aromatic heterocycles. The lowest BCUT2D eigenvalue weighted by molar-refractivity contribution is 0.0511. The normalized spacial score (nSPS) is 13.5. The number of hydrogen-bond donors (Lipinski definition) is 2. The van der Waals surface area contributed by atoms with Crippen molar-refractivity contribution in [3.05, 3.63) is 0 Å². The molecule has 4 heteroatoms. The van der Waals surface area contributed by atoms with E-state index in [2.05, 4.69) is 15.8 Å². The Kier molecular flexibility index (Phi) is 6.84. The van der Waals surface area contributed by atoms with Crippen LogP contribution in [0.1, 0.15) is 13.3 Å². The van der Waals surface area contributed by atoms with Gasteiger partial charge >= 0.3 is 0 Å². The van der Waals surface area contributed by atoms with Gasteiger partial charge in [0.1, 0.15) is 0 Å². The summed E-state index contributed by atoms with van der Waals surface area (Å²) >= 11 is 0. The lowest BCUT2D eigenvalue weighted by Gasteiger charge is -2.10. The van der Waals surface area contributed by atoms with Gasteiger partial charge in [-0.05, 0) is 13.3 Å². The first-order valence-corrected chi connectivity index (χ1v) is 3.35. The molecule has 0 bridgehead atoms. The van der Waals surface area contributed by atoms with Crippen molar-refractivity contribution in [1.82, 2.24) is 11.0 Å². The lowest BCUT2D eigenvalue weighted by Crippen LogP contribution is -2.28. The summed E-state index contributed by atoms with van der Waals surface area (Å²) in [6, 6.07) is 0.354. The number of hydrogen-bond acceptors (Lipinski definition) is 4. The zero-order valence-electron chi connectivity index (χ0n) is 6.81. The molecule has 0 saturated heterocycles. The molecule has 10 heavy (non-hydrogen) atoms. The van der Waals surface area contributed by atoms with Gasteiger partial charge in [-0.1, -0.05) is 0 Å². The summed E-state index contributed by atoms with van der Waals surface area (Å²) in [6.45, 7) is 2.87. The minimum absolute atomic E-state index is 0.354. The van der Waals surface area contributed by atoms with Gasteiger partial charge in [-0.15, -0.1) is 0 Å². The predicted octanol–water partition coefficient (Wildman–Crippen LogP) is 0.0670. The van der Waals surface area contributed by atoms with E-state index in [0.29, 0.717) is 6.04 Å². The van der Waals surface area contributed by atoms with E-state index in [9.17, 15) is 0 Å². The van der Waals surface area contributed by atoms with E-state index in [-0.39, 0.29) is 0 Å². The molecule has 0 aliphatic carbocycles. The average Bonchev–Trinajstić information content (AvgIpc) is 1.89. The predicted molar refractivity (Wildman–Crippen MR) is 39.2 cm³/mol. The first-order valence-electron chi connectivity index (χ1n) is 3.35. The summed E-state index contributed by atoms with van der Waals surface area (Å²) in [6.07, 6.45) is 0.974. The molecule has 0 rings (SSSR count). The highest BCUT2D eigenvalue weighted by atomic mass is 16.6. The maximum Gasteiger partial charge on any atom is 0.0572 e. The van der Waals surface area contributed by atoms with Crippen LogP contribution in [0, 0.1) is 0 Å². The largest absolute Gasteiger partial charge is 0.305 e. The average molecular weight is 148 g/mol. The highest BCUT2D eigenvalue weighted by Crippen LogP contribution is 1.86. The minimum atomic E-state index is 0.354. The topological polar surface area (TPSA) is 42.5 Å². The highest BCUT2D eigenvalue weighted by molar-refractivity contribution is 4.53. The summed E-state index contributed by atoms with van der Waals surface area (Å²) in [5.41, 5.74) is 5.55. The van der Waals surface area contributed by atoms with E-state index >= 15 is 0 Å². The monoisotopic (exact) mass is 148 g/mol. The van der Waals surface area contributed by atoms with Crippen LogP contribution in [-0.4, -0.2) is 26.8 Å². The second-order valence-electron chi connectivity index (χ2n) is 2.11. The van der Waals surface area contributed by atoms with Crippen molar-refractivity contribution in [2.24, 2.45) is 0 Å². The third-order valence-corrected chi connectivity index (χ3v) is 1.14. The summed E-state index contributed by atoms with van der Waals surface area (Å²) in [5.74, 6) is 0. The van der Waals surface area contributed by atoms with Gasteiger partial charge in [-0.2, -0.15) is 0 Å². The fourth-order valence-corrected chi connectivity index (χ4v) is 0.638. The Hall–Kier alpha value is -0.160. The Morgan fingerprint density at radius 2 is 2.00 bits per heavy atom. The van der Waals surface area contributed by atoms with Crippen LogP contribution in [0.15, 0.2) is 0 Å². The van der Waals surface area contributed by atoms with Crippen molar-refractivity contribution >= 4 is 0 Å². The zero-order valence-corrected chi connectivity index (χ0v) is 6.81. The molecule has 0 saturated carbocycles. The Balaban J connectivity index is 2.97. The summed E-state index contributed by atoms with van der Waals surface area (Å²) in [4.78, 5) is 9.37. The zero-order chi connectivity index (χ0) is 7.82. The van der Waals surface area contributed by atoms with E-state index < -0.39 is 0 Å². The molecule has 1 atom stereocenters. The van der Waals surface area contributed by atoms with Gasteiger partial charge in [0.05, 0.1) is 14.2 Å². The fourth-order valence-electron chi connectivity index (χ4n) is 0.638. The maximum atomic E-state index is 4.72. The van der Waals surface area contributed by atoms with Crippen molar-refractivity contribution in [3.63, 3.8) is 0 Å². The fraction of sp³-hybridized carbons (Fsp3) is 1.00. The van der Waals surface area contributed by atoms with Gasteiger partial charge in [-0.25, -0.2) is 11.0 Å². The number of nitrogens with one attached hydrogen (secondary N) is 2. The molecular formula is C6H16N2O2. The van der Waals surface area contributed by atoms with E-state index in [4.69, 9.17) is 4.84 Å². The molecule has 4 nitrogen and oxygen atoms in total. The van der Waals surface area contributed by atoms with Crippen LogP contribution >= 0.6 is 0 Å². The van der Waals surface area contributed by atoms with Crippen molar-refractivity contribution < 1.29 is 9.68 Å².